The molecule has 0 aliphatic carbocycles. The molecule has 1 aromatic heterocycles. The van der Waals surface area contributed by atoms with E-state index in [1.807, 2.05) is 17.7 Å². The number of aryl methyl sites for hydroxylation is 1. The highest BCUT2D eigenvalue weighted by atomic mass is 79.9. The zero-order valence-corrected chi connectivity index (χ0v) is 13.7. The lowest BCUT2D eigenvalue weighted by molar-refractivity contribution is 0.288. The number of hydrogen-bond acceptors (Lipinski definition) is 4. The highest BCUT2D eigenvalue weighted by Crippen LogP contribution is 2.29. The van der Waals surface area contributed by atoms with E-state index in [1.54, 1.807) is 12.3 Å². The largest absolute Gasteiger partial charge is 0.484 e. The van der Waals surface area contributed by atoms with Crippen LogP contribution in [0.1, 0.15) is 12.7 Å². The van der Waals surface area contributed by atoms with Crippen LogP contribution in [-0.2, 0) is 22.2 Å². The minimum atomic E-state index is -3.74. The van der Waals surface area contributed by atoms with Crippen LogP contribution < -0.4 is 4.74 Å². The summed E-state index contributed by atoms with van der Waals surface area (Å²) in [6.07, 6.45) is 3.58. The molecule has 108 valence electrons. The Morgan fingerprint density at radius 2 is 2.20 bits per heavy atom. The zero-order chi connectivity index (χ0) is 14.8. The molecular formula is C12H12BrClN2O3S. The molecule has 0 atom stereocenters. The first-order valence-corrected chi connectivity index (χ1v) is 8.89. The van der Waals surface area contributed by atoms with Crippen LogP contribution in [0.25, 0.3) is 0 Å². The van der Waals surface area contributed by atoms with Crippen LogP contribution in [0.4, 0.5) is 0 Å². The van der Waals surface area contributed by atoms with Gasteiger partial charge in [0.2, 0.25) is 0 Å². The molecule has 0 aliphatic heterocycles. The number of ether oxygens (including phenoxy) is 1. The number of halogens is 2. The molecule has 0 saturated carbocycles. The van der Waals surface area contributed by atoms with Gasteiger partial charge < -0.3 is 9.30 Å². The normalized spacial score (nSPS) is 11.6. The lowest BCUT2D eigenvalue weighted by Gasteiger charge is -2.09. The molecule has 0 fully saturated rings. The molecule has 0 bridgehead atoms. The molecule has 0 saturated heterocycles. The van der Waals surface area contributed by atoms with Crippen molar-refractivity contribution >= 4 is 35.7 Å². The van der Waals surface area contributed by atoms with Gasteiger partial charge in [0.1, 0.15) is 18.2 Å². The molecule has 2 aromatic rings. The maximum Gasteiger partial charge on any atom is 0.261 e. The molecule has 8 heteroatoms. The van der Waals surface area contributed by atoms with Crippen LogP contribution in [0.3, 0.4) is 0 Å². The molecule has 5 nitrogen and oxygen atoms in total. The van der Waals surface area contributed by atoms with Crippen LogP contribution in [0.2, 0.25) is 0 Å². The Morgan fingerprint density at radius 1 is 1.45 bits per heavy atom. The second-order valence-electron chi connectivity index (χ2n) is 3.95. The number of nitrogens with zero attached hydrogens (tertiary/aromatic N) is 2. The summed E-state index contributed by atoms with van der Waals surface area (Å²) < 4.78 is 30.5. The monoisotopic (exact) mass is 378 g/mol. The molecular weight excluding hydrogens is 368 g/mol. The maximum absolute atomic E-state index is 11.2. The average molecular weight is 380 g/mol. The van der Waals surface area contributed by atoms with Crippen molar-refractivity contribution in [2.24, 2.45) is 0 Å². The third-order valence-corrected chi connectivity index (χ3v) is 4.66. The molecule has 0 amide bonds. The lowest BCUT2D eigenvalue weighted by Crippen LogP contribution is -2.05. The second-order valence-corrected chi connectivity index (χ2v) is 7.37. The number of hydrogen-bond donors (Lipinski definition) is 0. The fraction of sp³-hybridized carbons (Fsp3) is 0.250. The summed E-state index contributed by atoms with van der Waals surface area (Å²) in [4.78, 5) is 4.22. The fourth-order valence-corrected chi connectivity index (χ4v) is 3.08. The lowest BCUT2D eigenvalue weighted by atomic mass is 10.3. The topological polar surface area (TPSA) is 61.2 Å². The van der Waals surface area contributed by atoms with Crippen molar-refractivity contribution in [1.82, 2.24) is 9.55 Å². The first-order chi connectivity index (χ1) is 9.41. The number of benzene rings is 1. The minimum absolute atomic E-state index is 0.0217. The fourth-order valence-electron chi connectivity index (χ4n) is 1.66. The van der Waals surface area contributed by atoms with Gasteiger partial charge in [-0.2, -0.15) is 0 Å². The maximum atomic E-state index is 11.2. The van der Waals surface area contributed by atoms with Gasteiger partial charge in [-0.1, -0.05) is 0 Å². The molecule has 20 heavy (non-hydrogen) atoms. The Morgan fingerprint density at radius 3 is 2.80 bits per heavy atom. The van der Waals surface area contributed by atoms with Crippen molar-refractivity contribution < 1.29 is 13.2 Å². The van der Waals surface area contributed by atoms with Gasteiger partial charge in [-0.15, -0.1) is 0 Å². The Balaban J connectivity index is 2.15. The van der Waals surface area contributed by atoms with Gasteiger partial charge in [-0.25, -0.2) is 13.4 Å². The quantitative estimate of drug-likeness (QED) is 0.749. The highest BCUT2D eigenvalue weighted by Gasteiger charge is 2.13. The van der Waals surface area contributed by atoms with Gasteiger partial charge in [-0.05, 0) is 41.1 Å². The van der Waals surface area contributed by atoms with E-state index in [9.17, 15) is 8.42 Å². The zero-order valence-electron chi connectivity index (χ0n) is 10.6. The Labute approximate surface area is 130 Å². The smallest absolute Gasteiger partial charge is 0.261 e. The van der Waals surface area contributed by atoms with Gasteiger partial charge in [0.05, 0.1) is 9.37 Å². The van der Waals surface area contributed by atoms with Gasteiger partial charge in [0.15, 0.2) is 0 Å². The van der Waals surface area contributed by atoms with E-state index in [2.05, 4.69) is 20.9 Å². The van der Waals surface area contributed by atoms with E-state index < -0.39 is 9.05 Å². The van der Waals surface area contributed by atoms with Crippen molar-refractivity contribution in [2.75, 3.05) is 0 Å². The van der Waals surface area contributed by atoms with Gasteiger partial charge in [0, 0.05) is 29.6 Å². The van der Waals surface area contributed by atoms with Crippen LogP contribution in [0.15, 0.2) is 40.0 Å². The predicted molar refractivity (Wildman–Crippen MR) is 79.4 cm³/mol. The van der Waals surface area contributed by atoms with E-state index in [-0.39, 0.29) is 4.90 Å². The standard InChI is InChI=1S/C12H12BrClN2O3S/c1-2-16-6-5-15-12(16)8-19-11-4-3-9(7-10(11)13)20(14,17)18/h3-7H,2,8H2,1H3. The molecule has 1 aromatic carbocycles. The molecule has 1 heterocycles. The summed E-state index contributed by atoms with van der Waals surface area (Å²) in [5.41, 5.74) is 0. The van der Waals surface area contributed by atoms with Crippen molar-refractivity contribution in [2.45, 2.75) is 25.0 Å². The van der Waals surface area contributed by atoms with Crippen molar-refractivity contribution in [1.29, 1.82) is 0 Å². The van der Waals surface area contributed by atoms with E-state index >= 15 is 0 Å². The summed E-state index contributed by atoms with van der Waals surface area (Å²) in [6, 6.07) is 4.36. The van der Waals surface area contributed by atoms with E-state index in [0.717, 1.165) is 12.4 Å². The Bertz CT molecular complexity index is 715. The van der Waals surface area contributed by atoms with E-state index in [1.165, 1.54) is 12.1 Å². The number of rotatable bonds is 5. The first kappa shape index (κ1) is 15.3. The van der Waals surface area contributed by atoms with Crippen LogP contribution in [-0.4, -0.2) is 18.0 Å². The molecule has 0 aliphatic rings. The number of aromatic nitrogens is 2. The summed E-state index contributed by atoms with van der Waals surface area (Å²) in [7, 11) is 1.54. The van der Waals surface area contributed by atoms with E-state index in [4.69, 9.17) is 15.4 Å². The summed E-state index contributed by atoms with van der Waals surface area (Å²) in [5, 5.41) is 0. The van der Waals surface area contributed by atoms with Crippen LogP contribution in [0, 0.1) is 0 Å². The van der Waals surface area contributed by atoms with Crippen LogP contribution >= 0.6 is 26.6 Å². The number of imidazole rings is 1. The summed E-state index contributed by atoms with van der Waals surface area (Å²) in [6.45, 7) is 3.12. The van der Waals surface area contributed by atoms with Crippen molar-refractivity contribution in [3.63, 3.8) is 0 Å². The minimum Gasteiger partial charge on any atom is -0.484 e. The Kier molecular flexibility index (Phi) is 4.72. The van der Waals surface area contributed by atoms with Gasteiger partial charge >= 0.3 is 0 Å². The highest BCUT2D eigenvalue weighted by molar-refractivity contribution is 9.10. The summed E-state index contributed by atoms with van der Waals surface area (Å²) >= 11 is 3.26. The summed E-state index contributed by atoms with van der Waals surface area (Å²) in [5.74, 6) is 1.33. The molecule has 2 rings (SSSR count). The average Bonchev–Trinajstić information content (AvgIpc) is 2.83. The second kappa shape index (κ2) is 6.15. The third-order valence-electron chi connectivity index (χ3n) is 2.68. The van der Waals surface area contributed by atoms with E-state index in [0.29, 0.717) is 16.8 Å². The van der Waals surface area contributed by atoms with Crippen molar-refractivity contribution in [3.8, 4) is 5.75 Å². The molecule has 0 unspecified atom stereocenters. The third kappa shape index (κ3) is 3.53. The van der Waals surface area contributed by atoms with Crippen LogP contribution in [0.5, 0.6) is 5.75 Å². The molecule has 0 radical (unpaired) electrons. The Hall–Kier alpha value is -1.05. The van der Waals surface area contributed by atoms with Gasteiger partial charge in [0.25, 0.3) is 9.05 Å². The SMILES string of the molecule is CCn1ccnc1COc1ccc(S(=O)(=O)Cl)cc1Br. The van der Waals surface area contributed by atoms with Gasteiger partial charge in [-0.3, -0.25) is 0 Å². The molecule has 0 N–H and O–H groups in total. The first-order valence-electron chi connectivity index (χ1n) is 5.79. The molecule has 0 spiro atoms. The predicted octanol–water partition coefficient (Wildman–Crippen LogP) is 3.17. The van der Waals surface area contributed by atoms with Crippen molar-refractivity contribution in [3.05, 3.63) is 40.9 Å².